The minimum Gasteiger partial charge on any atom is -0.268 e. The summed E-state index contributed by atoms with van der Waals surface area (Å²) < 4.78 is 30.0. The summed E-state index contributed by atoms with van der Waals surface area (Å²) in [6.07, 6.45) is 0. The van der Waals surface area contributed by atoms with Crippen molar-refractivity contribution in [1.82, 2.24) is 13.9 Å². The summed E-state index contributed by atoms with van der Waals surface area (Å²) in [5.74, 6) is 0.353. The molecule has 0 aliphatic rings. The third kappa shape index (κ3) is 4.27. The maximum atomic E-state index is 13.7. The fourth-order valence-corrected chi connectivity index (χ4v) is 5.79. The lowest BCUT2D eigenvalue weighted by atomic mass is 10.1. The van der Waals surface area contributed by atoms with Gasteiger partial charge in [-0.25, -0.2) is 13.4 Å². The first kappa shape index (κ1) is 24.1. The fourth-order valence-electron chi connectivity index (χ4n) is 4.07. The monoisotopic (exact) mass is 495 g/mol. The van der Waals surface area contributed by atoms with Gasteiger partial charge in [0.05, 0.1) is 27.5 Å². The number of nitrogens with zero attached hydrogens (tertiary/aromatic N) is 3. The zero-order chi connectivity index (χ0) is 24.6. The standard InChI is InChI=1S/C26H26ClN3O3S/c1-5-29(34(32,33)22-14-11-20(27)12-15-22)19(4)25-28-24-9-7-6-8-23(24)26(31)30(25)21-13-10-17(2)18(3)16-21/h6-16,19H,5H2,1-4H3. The minimum atomic E-state index is -3.88. The first-order chi connectivity index (χ1) is 16.1. The average molecular weight is 496 g/mol. The van der Waals surface area contributed by atoms with E-state index in [0.29, 0.717) is 27.4 Å². The van der Waals surface area contributed by atoms with Gasteiger partial charge in [-0.05, 0) is 80.4 Å². The number of hydrogen-bond donors (Lipinski definition) is 0. The van der Waals surface area contributed by atoms with Crippen molar-refractivity contribution in [2.24, 2.45) is 0 Å². The number of rotatable bonds is 6. The van der Waals surface area contributed by atoms with E-state index in [0.717, 1.165) is 11.1 Å². The van der Waals surface area contributed by atoms with Crippen LogP contribution in [-0.2, 0) is 10.0 Å². The van der Waals surface area contributed by atoms with Crippen molar-refractivity contribution in [3.05, 3.63) is 99.1 Å². The van der Waals surface area contributed by atoms with Gasteiger partial charge in [0, 0.05) is 11.6 Å². The Labute approximate surface area is 204 Å². The van der Waals surface area contributed by atoms with Crippen molar-refractivity contribution in [2.45, 2.75) is 38.6 Å². The number of para-hydroxylation sites is 1. The maximum Gasteiger partial charge on any atom is 0.266 e. The predicted molar refractivity (Wildman–Crippen MR) is 136 cm³/mol. The molecule has 1 atom stereocenters. The van der Waals surface area contributed by atoms with Gasteiger partial charge in [0.2, 0.25) is 10.0 Å². The van der Waals surface area contributed by atoms with E-state index in [-0.39, 0.29) is 17.0 Å². The Kier molecular flexibility index (Phi) is 6.62. The van der Waals surface area contributed by atoms with Crippen LogP contribution in [0.15, 0.2) is 76.4 Å². The van der Waals surface area contributed by atoms with Gasteiger partial charge in [0.15, 0.2) is 0 Å². The second-order valence-electron chi connectivity index (χ2n) is 8.23. The van der Waals surface area contributed by atoms with Crippen molar-refractivity contribution in [2.75, 3.05) is 6.54 Å². The summed E-state index contributed by atoms with van der Waals surface area (Å²) in [5, 5.41) is 0.926. The number of sulfonamides is 1. The second-order valence-corrected chi connectivity index (χ2v) is 10.6. The lowest BCUT2D eigenvalue weighted by molar-refractivity contribution is 0.340. The summed E-state index contributed by atoms with van der Waals surface area (Å²) in [7, 11) is -3.88. The van der Waals surface area contributed by atoms with Crippen molar-refractivity contribution in [3.63, 3.8) is 0 Å². The fraction of sp³-hybridized carbons (Fsp3) is 0.231. The van der Waals surface area contributed by atoms with Crippen molar-refractivity contribution < 1.29 is 8.42 Å². The summed E-state index contributed by atoms with van der Waals surface area (Å²) in [4.78, 5) is 18.6. The van der Waals surface area contributed by atoms with Crippen LogP contribution < -0.4 is 5.56 Å². The highest BCUT2D eigenvalue weighted by Crippen LogP contribution is 2.29. The molecule has 1 unspecified atom stereocenters. The van der Waals surface area contributed by atoms with Gasteiger partial charge in [0.25, 0.3) is 5.56 Å². The topological polar surface area (TPSA) is 72.3 Å². The Morgan fingerprint density at radius 2 is 1.68 bits per heavy atom. The van der Waals surface area contributed by atoms with E-state index in [2.05, 4.69) is 0 Å². The molecular weight excluding hydrogens is 470 g/mol. The van der Waals surface area contributed by atoms with Crippen molar-refractivity contribution in [3.8, 4) is 5.69 Å². The molecule has 0 N–H and O–H groups in total. The van der Waals surface area contributed by atoms with Gasteiger partial charge in [-0.2, -0.15) is 4.31 Å². The quantitative estimate of drug-likeness (QED) is 0.357. The zero-order valence-corrected chi connectivity index (χ0v) is 21.1. The van der Waals surface area contributed by atoms with Crippen LogP contribution in [0, 0.1) is 13.8 Å². The molecule has 6 nitrogen and oxygen atoms in total. The Bertz CT molecular complexity index is 1530. The molecule has 0 aliphatic carbocycles. The molecule has 34 heavy (non-hydrogen) atoms. The molecule has 0 amide bonds. The van der Waals surface area contributed by atoms with Crippen LogP contribution in [0.5, 0.6) is 0 Å². The zero-order valence-electron chi connectivity index (χ0n) is 19.5. The molecule has 0 saturated carbocycles. The summed E-state index contributed by atoms with van der Waals surface area (Å²) >= 11 is 5.96. The number of halogens is 1. The largest absolute Gasteiger partial charge is 0.268 e. The molecular formula is C26H26ClN3O3S. The SMILES string of the molecule is CCN(C(C)c1nc2ccccc2c(=O)n1-c1ccc(C)c(C)c1)S(=O)(=O)c1ccc(Cl)cc1. The van der Waals surface area contributed by atoms with Gasteiger partial charge >= 0.3 is 0 Å². The summed E-state index contributed by atoms with van der Waals surface area (Å²) in [6, 6.07) is 18.2. The van der Waals surface area contributed by atoms with Gasteiger partial charge in [0.1, 0.15) is 5.82 Å². The highest BCUT2D eigenvalue weighted by atomic mass is 35.5. The first-order valence-corrected chi connectivity index (χ1v) is 12.8. The molecule has 0 aliphatic heterocycles. The highest BCUT2D eigenvalue weighted by Gasteiger charge is 2.32. The predicted octanol–water partition coefficient (Wildman–Crippen LogP) is 5.43. The molecule has 8 heteroatoms. The smallest absolute Gasteiger partial charge is 0.266 e. The van der Waals surface area contributed by atoms with Gasteiger partial charge in [-0.15, -0.1) is 0 Å². The van der Waals surface area contributed by atoms with E-state index in [1.807, 2.05) is 38.1 Å². The van der Waals surface area contributed by atoms with Gasteiger partial charge < -0.3 is 0 Å². The van der Waals surface area contributed by atoms with Crippen molar-refractivity contribution >= 4 is 32.5 Å². The lowest BCUT2D eigenvalue weighted by Crippen LogP contribution is -2.37. The normalized spacial score (nSPS) is 12.9. The van der Waals surface area contributed by atoms with Gasteiger partial charge in [-0.1, -0.05) is 36.7 Å². The van der Waals surface area contributed by atoms with E-state index in [1.165, 1.54) is 21.0 Å². The van der Waals surface area contributed by atoms with Crippen LogP contribution in [-0.4, -0.2) is 28.8 Å². The van der Waals surface area contributed by atoms with E-state index in [9.17, 15) is 13.2 Å². The molecule has 4 rings (SSSR count). The number of aromatic nitrogens is 2. The molecule has 1 aromatic heterocycles. The van der Waals surface area contributed by atoms with E-state index >= 15 is 0 Å². The van der Waals surface area contributed by atoms with Crippen LogP contribution in [0.2, 0.25) is 5.02 Å². The van der Waals surface area contributed by atoms with Crippen molar-refractivity contribution in [1.29, 1.82) is 0 Å². The average Bonchev–Trinajstić information content (AvgIpc) is 2.81. The molecule has 0 radical (unpaired) electrons. The Morgan fingerprint density at radius 1 is 1.00 bits per heavy atom. The Balaban J connectivity index is 1.95. The molecule has 0 saturated heterocycles. The molecule has 0 bridgehead atoms. The van der Waals surface area contributed by atoms with Gasteiger partial charge in [-0.3, -0.25) is 9.36 Å². The molecule has 176 valence electrons. The van der Waals surface area contributed by atoms with Crippen LogP contribution in [0.4, 0.5) is 0 Å². The minimum absolute atomic E-state index is 0.131. The van der Waals surface area contributed by atoms with E-state index in [1.54, 1.807) is 44.2 Å². The number of benzene rings is 3. The molecule has 1 heterocycles. The van der Waals surface area contributed by atoms with Crippen LogP contribution >= 0.6 is 11.6 Å². The second kappa shape index (κ2) is 9.33. The Hall–Kier alpha value is -3.00. The number of hydrogen-bond acceptors (Lipinski definition) is 4. The molecule has 4 aromatic rings. The Morgan fingerprint density at radius 3 is 2.32 bits per heavy atom. The molecule has 0 spiro atoms. The number of aryl methyl sites for hydroxylation is 2. The summed E-state index contributed by atoms with van der Waals surface area (Å²) in [6.45, 7) is 7.70. The summed E-state index contributed by atoms with van der Waals surface area (Å²) in [5.41, 5.74) is 3.05. The van der Waals surface area contributed by atoms with E-state index < -0.39 is 16.1 Å². The lowest BCUT2D eigenvalue weighted by Gasteiger charge is -2.29. The third-order valence-electron chi connectivity index (χ3n) is 6.09. The highest BCUT2D eigenvalue weighted by molar-refractivity contribution is 7.89. The van der Waals surface area contributed by atoms with Crippen LogP contribution in [0.1, 0.15) is 36.8 Å². The molecule has 3 aromatic carbocycles. The third-order valence-corrected chi connectivity index (χ3v) is 8.40. The first-order valence-electron chi connectivity index (χ1n) is 11.0. The van der Waals surface area contributed by atoms with E-state index in [4.69, 9.17) is 16.6 Å². The molecule has 0 fully saturated rings. The number of fused-ring (bicyclic) bond motifs is 1. The van der Waals surface area contributed by atoms with Crippen LogP contribution in [0.25, 0.3) is 16.6 Å². The maximum absolute atomic E-state index is 13.7. The van der Waals surface area contributed by atoms with Crippen LogP contribution in [0.3, 0.4) is 0 Å².